The number of benzene rings is 1. The molecule has 0 unspecified atom stereocenters. The maximum atomic E-state index is 4.05. The fourth-order valence-electron chi connectivity index (χ4n) is 1.01. The van der Waals surface area contributed by atoms with E-state index in [0.717, 1.165) is 5.69 Å². The van der Waals surface area contributed by atoms with Crippen LogP contribution in [0.25, 0.3) is 0 Å². The molecule has 0 spiro atoms. The molecule has 1 N–H and O–H groups in total. The van der Waals surface area contributed by atoms with Gasteiger partial charge < -0.3 is 5.32 Å². The molecule has 0 atom stereocenters. The van der Waals surface area contributed by atoms with Crippen LogP contribution in [0.4, 0.5) is 11.6 Å². The summed E-state index contributed by atoms with van der Waals surface area (Å²) in [5.41, 5.74) is 0.994. The molecule has 1 aromatic carbocycles. The monoisotopic (exact) mass is 381 g/mol. The molecule has 1 aromatic heterocycles. The van der Waals surface area contributed by atoms with E-state index in [9.17, 15) is 0 Å². The Morgan fingerprint density at radius 3 is 2.14 bits per heavy atom. The van der Waals surface area contributed by atoms with Crippen LogP contribution < -0.4 is 5.32 Å². The molecule has 4 heteroatoms. The molecule has 14 heavy (non-hydrogen) atoms. The first kappa shape index (κ1) is 11.1. The Bertz CT molecular complexity index is 326. The van der Waals surface area contributed by atoms with Crippen molar-refractivity contribution in [2.24, 2.45) is 0 Å². The Morgan fingerprint density at radius 1 is 0.857 bits per heavy atom. The van der Waals surface area contributed by atoms with Crippen LogP contribution in [-0.4, -0.2) is 37.3 Å². The average molecular weight is 380 g/mol. The molecule has 0 bridgehead atoms. The van der Waals surface area contributed by atoms with Crippen LogP contribution in [0.2, 0.25) is 0 Å². The van der Waals surface area contributed by atoms with E-state index in [1.165, 1.54) is 0 Å². The Morgan fingerprint density at radius 2 is 1.50 bits per heavy atom. The first-order valence-corrected chi connectivity index (χ1v) is 4.04. The maximum absolute atomic E-state index is 4.05. The fourth-order valence-corrected chi connectivity index (χ4v) is 1.01. The minimum absolute atomic E-state index is 0. The first-order chi connectivity index (χ1) is 6.45. The molecule has 1 heterocycles. The van der Waals surface area contributed by atoms with Crippen LogP contribution in [0, 0.1) is 0 Å². The SMILES string of the molecule is [PbH2].c1ccc(Nc2ncccn2)cc1. The van der Waals surface area contributed by atoms with Gasteiger partial charge >= 0.3 is 27.3 Å². The molecule has 70 valence electrons. The van der Waals surface area contributed by atoms with Crippen LogP contribution in [-0.2, 0) is 0 Å². The second kappa shape index (κ2) is 5.69. The van der Waals surface area contributed by atoms with Gasteiger partial charge in [0.25, 0.3) is 0 Å². The van der Waals surface area contributed by atoms with Gasteiger partial charge in [-0.2, -0.15) is 0 Å². The molecule has 0 aliphatic heterocycles. The normalized spacial score (nSPS) is 8.86. The van der Waals surface area contributed by atoms with Gasteiger partial charge in [-0.15, -0.1) is 0 Å². The van der Waals surface area contributed by atoms with Crippen LogP contribution in [0.1, 0.15) is 0 Å². The van der Waals surface area contributed by atoms with E-state index in [0.29, 0.717) is 5.95 Å². The van der Waals surface area contributed by atoms with Crippen molar-refractivity contribution in [3.8, 4) is 0 Å². The standard InChI is InChI=1S/C10H9N3.Pb.2H/c1-2-5-9(6-3-1)13-10-11-7-4-8-12-10;;;/h1-8H,(H,11,12,13);;;. The van der Waals surface area contributed by atoms with Crippen molar-refractivity contribution in [1.29, 1.82) is 0 Å². The van der Waals surface area contributed by atoms with Crippen LogP contribution in [0.5, 0.6) is 0 Å². The molecular weight excluding hydrogens is 369 g/mol. The molecule has 0 fully saturated rings. The van der Waals surface area contributed by atoms with E-state index in [1.54, 1.807) is 18.5 Å². The van der Waals surface area contributed by atoms with Gasteiger partial charge in [0, 0.05) is 18.1 Å². The predicted molar refractivity (Wildman–Crippen MR) is 60.3 cm³/mol. The zero-order chi connectivity index (χ0) is 8.93. The number of hydrogen-bond acceptors (Lipinski definition) is 3. The summed E-state index contributed by atoms with van der Waals surface area (Å²) < 4.78 is 0. The molecule has 3 nitrogen and oxygen atoms in total. The van der Waals surface area contributed by atoms with E-state index >= 15 is 0 Å². The fraction of sp³-hybridized carbons (Fsp3) is 0. The molecule has 2 rings (SSSR count). The summed E-state index contributed by atoms with van der Waals surface area (Å²) in [5, 5.41) is 3.08. The van der Waals surface area contributed by atoms with E-state index in [2.05, 4.69) is 15.3 Å². The van der Waals surface area contributed by atoms with E-state index in [4.69, 9.17) is 0 Å². The Balaban J connectivity index is 0.000000980. The van der Waals surface area contributed by atoms with Gasteiger partial charge in [-0.1, -0.05) is 18.2 Å². The molecule has 2 radical (unpaired) electrons. The number of hydrogen-bond donors (Lipinski definition) is 1. The van der Waals surface area contributed by atoms with Crippen LogP contribution in [0.3, 0.4) is 0 Å². The smallest absolute Gasteiger partial charge is 0.227 e. The molecule has 0 aliphatic rings. The van der Waals surface area contributed by atoms with Gasteiger partial charge in [0.1, 0.15) is 0 Å². The minimum Gasteiger partial charge on any atom is -0.324 e. The number of rotatable bonds is 2. The third-order valence-corrected chi connectivity index (χ3v) is 1.60. The van der Waals surface area contributed by atoms with Crippen molar-refractivity contribution < 1.29 is 0 Å². The molecule has 2 aromatic rings. The third kappa shape index (κ3) is 3.06. The molecule has 0 amide bonds. The first-order valence-electron chi connectivity index (χ1n) is 4.04. The third-order valence-electron chi connectivity index (χ3n) is 1.60. The Labute approximate surface area is 103 Å². The molecular formula is C10H11N3Pb. The molecule has 0 saturated carbocycles. The van der Waals surface area contributed by atoms with Crippen molar-refractivity contribution in [1.82, 2.24) is 9.97 Å². The summed E-state index contributed by atoms with van der Waals surface area (Å²) in [6.07, 6.45) is 3.41. The zero-order valence-electron chi connectivity index (χ0n) is 7.72. The van der Waals surface area contributed by atoms with Crippen molar-refractivity contribution in [3.63, 3.8) is 0 Å². The summed E-state index contributed by atoms with van der Waals surface area (Å²) in [4.78, 5) is 8.10. The van der Waals surface area contributed by atoms with Crippen LogP contribution in [0.15, 0.2) is 48.8 Å². The minimum atomic E-state index is 0. The van der Waals surface area contributed by atoms with Crippen LogP contribution >= 0.6 is 0 Å². The second-order valence-corrected chi connectivity index (χ2v) is 2.56. The predicted octanol–water partition coefficient (Wildman–Crippen LogP) is 1.30. The average Bonchev–Trinajstić information content (AvgIpc) is 2.21. The topological polar surface area (TPSA) is 37.8 Å². The van der Waals surface area contributed by atoms with Gasteiger partial charge in [-0.25, -0.2) is 9.97 Å². The van der Waals surface area contributed by atoms with E-state index in [1.807, 2.05) is 30.3 Å². The van der Waals surface area contributed by atoms with Gasteiger partial charge in [-0.3, -0.25) is 0 Å². The Kier molecular flexibility index (Phi) is 4.51. The zero-order valence-corrected chi connectivity index (χ0v) is 13.2. The van der Waals surface area contributed by atoms with Crippen molar-refractivity contribution in [3.05, 3.63) is 48.8 Å². The maximum Gasteiger partial charge on any atom is 0.227 e. The van der Waals surface area contributed by atoms with Gasteiger partial charge in [0.05, 0.1) is 0 Å². The van der Waals surface area contributed by atoms with E-state index in [-0.39, 0.29) is 27.3 Å². The van der Waals surface area contributed by atoms with E-state index < -0.39 is 0 Å². The van der Waals surface area contributed by atoms with Gasteiger partial charge in [-0.05, 0) is 18.2 Å². The Hall–Kier alpha value is -0.978. The largest absolute Gasteiger partial charge is 0.324 e. The summed E-state index contributed by atoms with van der Waals surface area (Å²) >= 11 is 0. The summed E-state index contributed by atoms with van der Waals surface area (Å²) in [6.45, 7) is 0. The molecule has 0 saturated heterocycles. The van der Waals surface area contributed by atoms with Crippen molar-refractivity contribution >= 4 is 38.9 Å². The molecule has 0 aliphatic carbocycles. The van der Waals surface area contributed by atoms with Gasteiger partial charge in [0.2, 0.25) is 5.95 Å². The number of anilines is 2. The summed E-state index contributed by atoms with van der Waals surface area (Å²) in [7, 11) is 0. The number of aromatic nitrogens is 2. The quantitative estimate of drug-likeness (QED) is 0.799. The van der Waals surface area contributed by atoms with Crippen molar-refractivity contribution in [2.45, 2.75) is 0 Å². The van der Waals surface area contributed by atoms with Crippen molar-refractivity contribution in [2.75, 3.05) is 5.32 Å². The summed E-state index contributed by atoms with van der Waals surface area (Å²) in [5.74, 6) is 0.619. The number of nitrogens with zero attached hydrogens (tertiary/aromatic N) is 2. The number of para-hydroxylation sites is 1. The number of nitrogens with one attached hydrogen (secondary N) is 1. The summed E-state index contributed by atoms with van der Waals surface area (Å²) in [6, 6.07) is 11.6. The van der Waals surface area contributed by atoms with Gasteiger partial charge in [0.15, 0.2) is 0 Å². The second-order valence-electron chi connectivity index (χ2n) is 2.56.